The van der Waals surface area contributed by atoms with Gasteiger partial charge in [-0.25, -0.2) is 0 Å². The number of rotatable bonds is 8. The number of methoxy groups -OCH3 is 2. The fourth-order valence-electron chi connectivity index (χ4n) is 1.85. The van der Waals surface area contributed by atoms with Gasteiger partial charge in [-0.2, -0.15) is 0 Å². The van der Waals surface area contributed by atoms with Crippen molar-refractivity contribution in [1.29, 1.82) is 0 Å². The minimum Gasteiger partial charge on any atom is -0.469 e. The lowest BCUT2D eigenvalue weighted by atomic mass is 9.98. The molecule has 0 bridgehead atoms. The Morgan fingerprint density at radius 3 is 2.68 bits per heavy atom. The summed E-state index contributed by atoms with van der Waals surface area (Å²) in [6.07, 6.45) is 2.78. The molecule has 0 aliphatic heterocycles. The first-order chi connectivity index (χ1) is 9.22. The van der Waals surface area contributed by atoms with Crippen molar-refractivity contribution >= 4 is 12.0 Å². The molecule has 0 saturated heterocycles. The van der Waals surface area contributed by atoms with Crippen molar-refractivity contribution in [2.24, 2.45) is 0 Å². The third kappa shape index (κ3) is 4.85. The van der Waals surface area contributed by atoms with Crippen LogP contribution in [-0.4, -0.2) is 27.0 Å². The summed E-state index contributed by atoms with van der Waals surface area (Å²) in [5.74, 6) is -0.212. The minimum atomic E-state index is -0.212. The molecule has 0 amide bonds. The van der Waals surface area contributed by atoms with Crippen LogP contribution in [0.2, 0.25) is 0 Å². The van der Waals surface area contributed by atoms with Crippen molar-refractivity contribution < 1.29 is 19.0 Å². The molecule has 104 valence electrons. The molecule has 0 spiro atoms. The Balaban J connectivity index is 2.77. The summed E-state index contributed by atoms with van der Waals surface area (Å²) in [7, 11) is 2.98. The molecule has 19 heavy (non-hydrogen) atoms. The molecule has 0 aromatic heterocycles. The van der Waals surface area contributed by atoms with E-state index in [0.717, 1.165) is 16.7 Å². The van der Waals surface area contributed by atoms with Crippen LogP contribution in [0.15, 0.2) is 24.8 Å². The number of hydrogen-bond acceptors (Lipinski definition) is 4. The lowest BCUT2D eigenvalue weighted by molar-refractivity contribution is -0.140. The maximum absolute atomic E-state index is 11.2. The molecule has 0 atom stereocenters. The van der Waals surface area contributed by atoms with Gasteiger partial charge in [0.15, 0.2) is 0 Å². The van der Waals surface area contributed by atoms with Crippen molar-refractivity contribution in [1.82, 2.24) is 0 Å². The van der Waals surface area contributed by atoms with Gasteiger partial charge in [0.1, 0.15) is 6.79 Å². The van der Waals surface area contributed by atoms with Gasteiger partial charge in [-0.3, -0.25) is 4.79 Å². The molecule has 4 heteroatoms. The Bertz CT molecular complexity index is 426. The van der Waals surface area contributed by atoms with Crippen LogP contribution in [0.25, 0.3) is 6.08 Å². The average molecular weight is 264 g/mol. The Kier molecular flexibility index (Phi) is 6.85. The molecule has 1 rings (SSSR count). The van der Waals surface area contributed by atoms with Crippen LogP contribution in [0, 0.1) is 0 Å². The minimum absolute atomic E-state index is 0.212. The van der Waals surface area contributed by atoms with Gasteiger partial charge in [0.2, 0.25) is 0 Å². The summed E-state index contributed by atoms with van der Waals surface area (Å²) < 4.78 is 14.9. The van der Waals surface area contributed by atoms with Crippen LogP contribution in [-0.2, 0) is 32.0 Å². The van der Waals surface area contributed by atoms with E-state index < -0.39 is 0 Å². The molecule has 0 fully saturated rings. The lowest BCUT2D eigenvalue weighted by Crippen LogP contribution is -2.05. The van der Waals surface area contributed by atoms with Crippen molar-refractivity contribution in [2.45, 2.75) is 19.4 Å². The highest BCUT2D eigenvalue weighted by Gasteiger charge is 2.08. The van der Waals surface area contributed by atoms with E-state index in [1.165, 1.54) is 7.11 Å². The van der Waals surface area contributed by atoms with Crippen LogP contribution in [0.4, 0.5) is 0 Å². The fraction of sp³-hybridized carbons (Fsp3) is 0.400. The summed E-state index contributed by atoms with van der Waals surface area (Å²) in [4.78, 5) is 11.2. The van der Waals surface area contributed by atoms with Crippen LogP contribution < -0.4 is 0 Å². The number of hydrogen-bond donors (Lipinski definition) is 0. The van der Waals surface area contributed by atoms with Crippen LogP contribution in [0.3, 0.4) is 0 Å². The SMILES string of the molecule is C=Cc1c(CCC(=O)OC)cccc1COCOC. The second-order valence-corrected chi connectivity index (χ2v) is 4.03. The van der Waals surface area contributed by atoms with Gasteiger partial charge >= 0.3 is 5.97 Å². The van der Waals surface area contributed by atoms with Crippen molar-refractivity contribution in [3.63, 3.8) is 0 Å². The largest absolute Gasteiger partial charge is 0.469 e. The lowest BCUT2D eigenvalue weighted by Gasteiger charge is -2.11. The highest BCUT2D eigenvalue weighted by atomic mass is 16.7. The predicted octanol–water partition coefficient (Wildman–Crippen LogP) is 2.56. The Morgan fingerprint density at radius 1 is 1.32 bits per heavy atom. The van der Waals surface area contributed by atoms with E-state index in [-0.39, 0.29) is 12.8 Å². The topological polar surface area (TPSA) is 44.8 Å². The van der Waals surface area contributed by atoms with Crippen LogP contribution >= 0.6 is 0 Å². The average Bonchev–Trinajstić information content (AvgIpc) is 2.45. The summed E-state index contributed by atoms with van der Waals surface area (Å²) in [6.45, 7) is 4.54. The van der Waals surface area contributed by atoms with Crippen molar-refractivity contribution in [2.75, 3.05) is 21.0 Å². The zero-order chi connectivity index (χ0) is 14.1. The van der Waals surface area contributed by atoms with E-state index in [4.69, 9.17) is 9.47 Å². The summed E-state index contributed by atoms with van der Waals surface area (Å²) in [5, 5.41) is 0. The third-order valence-electron chi connectivity index (χ3n) is 2.78. The van der Waals surface area contributed by atoms with E-state index in [0.29, 0.717) is 19.4 Å². The number of aryl methyl sites for hydroxylation is 1. The Labute approximate surface area is 114 Å². The summed E-state index contributed by atoms with van der Waals surface area (Å²) in [6, 6.07) is 5.92. The first kappa shape index (κ1) is 15.4. The number of carbonyl (C=O) groups is 1. The molecule has 1 aromatic carbocycles. The van der Waals surface area contributed by atoms with Gasteiger partial charge in [0.05, 0.1) is 13.7 Å². The highest BCUT2D eigenvalue weighted by Crippen LogP contribution is 2.19. The molecule has 0 radical (unpaired) electrons. The molecule has 0 aliphatic rings. The van der Waals surface area contributed by atoms with Crippen molar-refractivity contribution in [3.8, 4) is 0 Å². The molecule has 0 N–H and O–H groups in total. The molecular weight excluding hydrogens is 244 g/mol. The standard InChI is InChI=1S/C15H20O4/c1-4-14-12(8-9-15(16)18-3)6-5-7-13(14)10-19-11-17-2/h4-7H,1,8-11H2,2-3H3. The van der Waals surface area contributed by atoms with Crippen LogP contribution in [0.1, 0.15) is 23.1 Å². The molecule has 4 nitrogen and oxygen atoms in total. The van der Waals surface area contributed by atoms with Crippen LogP contribution in [0.5, 0.6) is 0 Å². The maximum atomic E-state index is 11.2. The van der Waals surface area contributed by atoms with E-state index >= 15 is 0 Å². The normalized spacial score (nSPS) is 10.2. The zero-order valence-electron chi connectivity index (χ0n) is 11.5. The van der Waals surface area contributed by atoms with Gasteiger partial charge < -0.3 is 14.2 Å². The number of benzene rings is 1. The van der Waals surface area contributed by atoms with E-state index in [9.17, 15) is 4.79 Å². The quantitative estimate of drug-likeness (QED) is 0.411. The highest BCUT2D eigenvalue weighted by molar-refractivity contribution is 5.70. The maximum Gasteiger partial charge on any atom is 0.305 e. The second kappa shape index (κ2) is 8.45. The van der Waals surface area contributed by atoms with Gasteiger partial charge in [0, 0.05) is 13.5 Å². The summed E-state index contributed by atoms with van der Waals surface area (Å²) in [5.41, 5.74) is 3.12. The number of carbonyl (C=O) groups excluding carboxylic acids is 1. The van der Waals surface area contributed by atoms with Gasteiger partial charge in [-0.05, 0) is 23.1 Å². The number of esters is 1. The molecule has 0 aliphatic carbocycles. The molecule has 0 unspecified atom stereocenters. The van der Waals surface area contributed by atoms with Gasteiger partial charge in [0.25, 0.3) is 0 Å². The Hall–Kier alpha value is -1.65. The zero-order valence-corrected chi connectivity index (χ0v) is 11.5. The monoisotopic (exact) mass is 264 g/mol. The van der Waals surface area contributed by atoms with Gasteiger partial charge in [-0.1, -0.05) is 30.9 Å². The first-order valence-electron chi connectivity index (χ1n) is 6.09. The predicted molar refractivity (Wildman–Crippen MR) is 73.5 cm³/mol. The van der Waals surface area contributed by atoms with E-state index in [1.54, 1.807) is 13.2 Å². The smallest absolute Gasteiger partial charge is 0.305 e. The Morgan fingerprint density at radius 2 is 2.05 bits per heavy atom. The third-order valence-corrected chi connectivity index (χ3v) is 2.78. The summed E-state index contributed by atoms with van der Waals surface area (Å²) >= 11 is 0. The van der Waals surface area contributed by atoms with E-state index in [1.807, 2.05) is 18.2 Å². The molecular formula is C15H20O4. The molecule has 0 heterocycles. The molecule has 1 aromatic rings. The van der Waals surface area contributed by atoms with E-state index in [2.05, 4.69) is 11.3 Å². The van der Waals surface area contributed by atoms with Crippen molar-refractivity contribution in [3.05, 3.63) is 41.5 Å². The molecule has 0 saturated carbocycles. The fourth-order valence-corrected chi connectivity index (χ4v) is 1.85. The van der Waals surface area contributed by atoms with Gasteiger partial charge in [-0.15, -0.1) is 0 Å². The second-order valence-electron chi connectivity index (χ2n) is 4.03. The first-order valence-corrected chi connectivity index (χ1v) is 6.09. The number of ether oxygens (including phenoxy) is 3.